The van der Waals surface area contributed by atoms with E-state index in [0.29, 0.717) is 0 Å². The molecule has 0 amide bonds. The average Bonchev–Trinajstić information content (AvgIpc) is 2.86. The lowest BCUT2D eigenvalue weighted by Crippen LogP contribution is -2.88. The van der Waals surface area contributed by atoms with Gasteiger partial charge in [0.1, 0.15) is 5.56 Å². The Morgan fingerprint density at radius 2 is 0.903 bits per heavy atom. The standard InChI is InChI=1S/C27H25ClOSi2/c28-27-21-22-30(23-13-5-1-6-14-23,24-15-7-2-8-16-24)31(29-27,25-17-9-3-10-18-25)26-19-11-4-12-20-26/h1-20,27H,21-22H2. The summed E-state index contributed by atoms with van der Waals surface area (Å²) in [6.45, 7) is 0. The van der Waals surface area contributed by atoms with Crippen molar-refractivity contribution in [1.29, 1.82) is 0 Å². The summed E-state index contributed by atoms with van der Waals surface area (Å²) < 4.78 is 7.14. The normalized spacial score (nSPS) is 19.6. The van der Waals surface area contributed by atoms with E-state index in [9.17, 15) is 0 Å². The number of hydrogen-bond acceptors (Lipinski definition) is 1. The Kier molecular flexibility index (Phi) is 5.68. The lowest BCUT2D eigenvalue weighted by Gasteiger charge is -2.52. The predicted molar refractivity (Wildman–Crippen MR) is 136 cm³/mol. The second kappa shape index (κ2) is 8.60. The lowest BCUT2D eigenvalue weighted by atomic mass is 10.4. The first-order valence-corrected chi connectivity index (χ1v) is 16.4. The summed E-state index contributed by atoms with van der Waals surface area (Å²) >= 11 is 6.84. The van der Waals surface area contributed by atoms with Crippen molar-refractivity contribution in [2.75, 3.05) is 0 Å². The van der Waals surface area contributed by atoms with Gasteiger partial charge in [0.2, 0.25) is 0 Å². The van der Waals surface area contributed by atoms with Crippen LogP contribution in [0.15, 0.2) is 121 Å². The summed E-state index contributed by atoms with van der Waals surface area (Å²) in [5.74, 6) is 0. The number of alkyl halides is 1. The highest BCUT2D eigenvalue weighted by molar-refractivity contribution is 7.57. The van der Waals surface area contributed by atoms with Crippen molar-refractivity contribution in [2.24, 2.45) is 0 Å². The van der Waals surface area contributed by atoms with Gasteiger partial charge in [0.05, 0.1) is 0 Å². The Balaban J connectivity index is 1.93. The van der Waals surface area contributed by atoms with E-state index in [-0.39, 0.29) is 5.56 Å². The minimum Gasteiger partial charge on any atom is -0.394 e. The number of halogens is 1. The van der Waals surface area contributed by atoms with Gasteiger partial charge in [0.15, 0.2) is 7.59 Å². The molecule has 4 aromatic carbocycles. The Morgan fingerprint density at radius 3 is 1.29 bits per heavy atom. The molecule has 1 saturated heterocycles. The molecule has 1 unspecified atom stereocenters. The van der Waals surface area contributed by atoms with Crippen molar-refractivity contribution in [3.05, 3.63) is 121 Å². The predicted octanol–water partition coefficient (Wildman–Crippen LogP) is 4.07. The molecule has 154 valence electrons. The first-order chi connectivity index (χ1) is 15.3. The number of rotatable bonds is 4. The van der Waals surface area contributed by atoms with Crippen LogP contribution in [0.5, 0.6) is 0 Å². The van der Waals surface area contributed by atoms with E-state index >= 15 is 0 Å². The summed E-state index contributed by atoms with van der Waals surface area (Å²) in [6, 6.07) is 45.1. The molecule has 1 fully saturated rings. The monoisotopic (exact) mass is 456 g/mol. The minimum absolute atomic E-state index is 0.278. The molecule has 0 N–H and O–H groups in total. The third kappa shape index (κ3) is 3.33. The summed E-state index contributed by atoms with van der Waals surface area (Å²) in [7, 11) is -5.16. The highest BCUT2D eigenvalue weighted by atomic mass is 35.5. The van der Waals surface area contributed by atoms with Crippen LogP contribution >= 0.6 is 11.6 Å². The molecular formula is C27H25ClOSi2. The van der Waals surface area contributed by atoms with Crippen molar-refractivity contribution in [1.82, 2.24) is 0 Å². The van der Waals surface area contributed by atoms with Crippen molar-refractivity contribution >= 4 is 47.8 Å². The van der Waals surface area contributed by atoms with Crippen molar-refractivity contribution in [3.8, 4) is 0 Å². The highest BCUT2D eigenvalue weighted by Gasteiger charge is 2.64. The van der Waals surface area contributed by atoms with Gasteiger partial charge in [-0.1, -0.05) is 143 Å². The topological polar surface area (TPSA) is 9.23 Å². The number of benzene rings is 4. The smallest absolute Gasteiger partial charge is 0.253 e. The molecule has 0 aliphatic carbocycles. The second-order valence-corrected chi connectivity index (χ2v) is 19.5. The van der Waals surface area contributed by atoms with Crippen molar-refractivity contribution in [2.45, 2.75) is 18.0 Å². The van der Waals surface area contributed by atoms with Crippen molar-refractivity contribution < 1.29 is 4.43 Å². The molecule has 1 heterocycles. The third-order valence-electron chi connectivity index (χ3n) is 6.55. The summed E-state index contributed by atoms with van der Waals surface area (Å²) in [6.07, 6.45) is 0.867. The number of hydrogen-bond donors (Lipinski definition) is 0. The van der Waals surface area contributed by atoms with E-state index in [1.807, 2.05) is 0 Å². The second-order valence-electron chi connectivity index (χ2n) is 8.12. The Morgan fingerprint density at radius 1 is 0.548 bits per heavy atom. The Labute approximate surface area is 191 Å². The van der Waals surface area contributed by atoms with E-state index in [1.165, 1.54) is 20.7 Å². The molecule has 4 aromatic rings. The van der Waals surface area contributed by atoms with Crippen LogP contribution in [0.2, 0.25) is 6.04 Å². The lowest BCUT2D eigenvalue weighted by molar-refractivity contribution is 0.274. The largest absolute Gasteiger partial charge is 0.394 e. The van der Waals surface area contributed by atoms with Gasteiger partial charge in [0.25, 0.3) is 7.83 Å². The van der Waals surface area contributed by atoms with Gasteiger partial charge in [-0.05, 0) is 22.8 Å². The van der Waals surface area contributed by atoms with E-state index in [1.54, 1.807) is 0 Å². The van der Waals surface area contributed by atoms with Crippen LogP contribution in [0.3, 0.4) is 0 Å². The fourth-order valence-electron chi connectivity index (χ4n) is 5.31. The summed E-state index contributed by atoms with van der Waals surface area (Å²) in [5, 5.41) is 5.49. The maximum atomic E-state index is 7.14. The van der Waals surface area contributed by atoms with Crippen LogP contribution in [-0.2, 0) is 4.43 Å². The molecule has 0 saturated carbocycles. The van der Waals surface area contributed by atoms with Gasteiger partial charge in [0, 0.05) is 0 Å². The molecule has 1 atom stereocenters. The maximum absolute atomic E-state index is 7.14. The van der Waals surface area contributed by atoms with Gasteiger partial charge in [-0.2, -0.15) is 0 Å². The molecule has 1 nitrogen and oxygen atoms in total. The van der Waals surface area contributed by atoms with Crippen LogP contribution in [0, 0.1) is 0 Å². The molecule has 0 bridgehead atoms. The van der Waals surface area contributed by atoms with E-state index in [2.05, 4.69) is 121 Å². The van der Waals surface area contributed by atoms with Crippen LogP contribution < -0.4 is 20.7 Å². The van der Waals surface area contributed by atoms with Gasteiger partial charge in [-0.25, -0.2) is 0 Å². The van der Waals surface area contributed by atoms with Gasteiger partial charge in [-0.15, -0.1) is 0 Å². The third-order valence-corrected chi connectivity index (χ3v) is 23.0. The van der Waals surface area contributed by atoms with Crippen molar-refractivity contribution in [3.63, 3.8) is 0 Å². The Hall–Kier alpha value is -2.44. The SMILES string of the molecule is ClC1CC[Si](c2ccccc2)(c2ccccc2)[Si](c2ccccc2)(c2ccccc2)O1. The van der Waals surface area contributed by atoms with Crippen LogP contribution in [-0.4, -0.2) is 21.0 Å². The highest BCUT2D eigenvalue weighted by Crippen LogP contribution is 2.35. The molecule has 0 radical (unpaired) electrons. The van der Waals surface area contributed by atoms with Gasteiger partial charge in [-0.3, -0.25) is 0 Å². The van der Waals surface area contributed by atoms with E-state index in [4.69, 9.17) is 16.0 Å². The average molecular weight is 457 g/mol. The molecular weight excluding hydrogens is 432 g/mol. The Bertz CT molecular complexity index is 1040. The fourth-order valence-corrected chi connectivity index (χ4v) is 24.0. The van der Waals surface area contributed by atoms with E-state index in [0.717, 1.165) is 12.5 Å². The molecule has 0 spiro atoms. The minimum atomic E-state index is -2.75. The molecule has 31 heavy (non-hydrogen) atoms. The van der Waals surface area contributed by atoms with Crippen LogP contribution in [0.4, 0.5) is 0 Å². The first-order valence-electron chi connectivity index (χ1n) is 10.8. The molecule has 0 aromatic heterocycles. The zero-order valence-electron chi connectivity index (χ0n) is 17.3. The zero-order valence-corrected chi connectivity index (χ0v) is 20.1. The molecule has 4 heteroatoms. The quantitative estimate of drug-likeness (QED) is 0.332. The summed E-state index contributed by atoms with van der Waals surface area (Å²) in [5.41, 5.74) is -0.278. The fraction of sp³-hybridized carbons (Fsp3) is 0.111. The molecule has 1 aliphatic rings. The maximum Gasteiger partial charge on any atom is 0.253 e. The van der Waals surface area contributed by atoms with Crippen LogP contribution in [0.1, 0.15) is 6.42 Å². The van der Waals surface area contributed by atoms with E-state index < -0.39 is 15.4 Å². The molecule has 1 aliphatic heterocycles. The van der Waals surface area contributed by atoms with Crippen LogP contribution in [0.25, 0.3) is 0 Å². The summed E-state index contributed by atoms with van der Waals surface area (Å²) in [4.78, 5) is 0. The molecule has 5 rings (SSSR count). The first kappa shape index (κ1) is 20.5. The van der Waals surface area contributed by atoms with Gasteiger partial charge < -0.3 is 4.43 Å². The van der Waals surface area contributed by atoms with Gasteiger partial charge >= 0.3 is 0 Å². The zero-order chi connectivity index (χ0) is 21.2.